The Labute approximate surface area is 260 Å². The molecule has 2 rings (SSSR count). The number of carboxylic acid groups (broad SMARTS) is 2. The average Bonchev–Trinajstić information content (AvgIpc) is 2.88. The Morgan fingerprint density at radius 2 is 0.923 bits per heavy atom. The smallest absolute Gasteiger partial charge is 0.545 e. The van der Waals surface area contributed by atoms with Gasteiger partial charge in [-0.2, -0.15) is 0 Å². The molecule has 0 aliphatic carbocycles. The Kier molecular flexibility index (Phi) is 19.2. The van der Waals surface area contributed by atoms with Gasteiger partial charge in [0.2, 0.25) is 0 Å². The third kappa shape index (κ3) is 14.0. The number of carboxylic acids is 2. The molecule has 0 amide bonds. The van der Waals surface area contributed by atoms with Crippen LogP contribution in [0.5, 0.6) is 11.5 Å². The van der Waals surface area contributed by atoms with Crippen LogP contribution in [0.3, 0.4) is 0 Å². The number of unbranched alkanes of at least 4 members (excludes halogenated alkanes) is 8. The first-order valence-electron chi connectivity index (χ1n) is 13.3. The molecule has 0 aliphatic rings. The minimum Gasteiger partial charge on any atom is -0.545 e. The van der Waals surface area contributed by atoms with Gasteiger partial charge in [0.1, 0.15) is 11.5 Å². The molecule has 2 aromatic carbocycles. The van der Waals surface area contributed by atoms with Crippen molar-refractivity contribution in [2.24, 2.45) is 0 Å². The van der Waals surface area contributed by atoms with Crippen molar-refractivity contribution in [3.63, 3.8) is 0 Å². The fourth-order valence-electron chi connectivity index (χ4n) is 3.81. The van der Waals surface area contributed by atoms with Gasteiger partial charge < -0.3 is 30.0 Å². The first-order chi connectivity index (χ1) is 18.1. The molecule has 39 heavy (non-hydrogen) atoms. The number of carbonyl (C=O) groups is 4. The van der Waals surface area contributed by atoms with E-state index in [0.29, 0.717) is 24.0 Å². The van der Waals surface area contributed by atoms with Crippen molar-refractivity contribution in [1.82, 2.24) is 0 Å². The molecule has 0 atom stereocenters. The number of Topliss-reactive ketones (excluding diaryl/α,β-unsaturated/α-hetero) is 2. The van der Waals surface area contributed by atoms with Gasteiger partial charge in [0, 0.05) is 35.1 Å². The zero-order valence-electron chi connectivity index (χ0n) is 23.0. The SMILES string of the molecule is CCCCCCCC(=O)c1ccc(O)c(C(=O)[O-])c1.CCCCCCCC(=O)c1ccc(O)c(C(=O)[O-])c1.[Ca+2]. The monoisotopic (exact) mass is 566 g/mol. The first-order valence-corrected chi connectivity index (χ1v) is 13.3. The third-order valence-corrected chi connectivity index (χ3v) is 6.09. The number of ketones is 2. The standard InChI is InChI=1S/2C15H20O4.Ca/c2*1-2-3-4-5-6-7-13(16)11-8-9-14(17)12(10-11)15(18)19;/h2*8-10,17H,2-7H2,1H3,(H,18,19);/q;;+2/p-2. The van der Waals surface area contributed by atoms with E-state index in [1.807, 2.05) is 0 Å². The topological polar surface area (TPSA) is 155 Å². The average molecular weight is 567 g/mol. The van der Waals surface area contributed by atoms with Gasteiger partial charge in [-0.15, -0.1) is 0 Å². The molecule has 0 aromatic heterocycles. The fourth-order valence-corrected chi connectivity index (χ4v) is 3.81. The van der Waals surface area contributed by atoms with Crippen LogP contribution in [0.1, 0.15) is 132 Å². The molecule has 0 aliphatic heterocycles. The molecule has 0 radical (unpaired) electrons. The van der Waals surface area contributed by atoms with E-state index < -0.39 is 11.9 Å². The second kappa shape index (κ2) is 20.5. The van der Waals surface area contributed by atoms with E-state index in [0.717, 1.165) is 51.4 Å². The van der Waals surface area contributed by atoms with Crippen LogP contribution in [0.15, 0.2) is 36.4 Å². The molecule has 208 valence electrons. The number of carbonyl (C=O) groups excluding carboxylic acids is 4. The van der Waals surface area contributed by atoms with E-state index in [1.54, 1.807) is 0 Å². The van der Waals surface area contributed by atoms with Gasteiger partial charge in [-0.1, -0.05) is 65.2 Å². The number of aromatic hydroxyl groups is 2. The Bertz CT molecular complexity index is 995. The molecule has 9 heteroatoms. The Balaban J connectivity index is 0.000000722. The van der Waals surface area contributed by atoms with Crippen LogP contribution >= 0.6 is 0 Å². The predicted molar refractivity (Wildman–Crippen MR) is 146 cm³/mol. The number of hydrogen-bond donors (Lipinski definition) is 2. The molecular formula is C30H38CaO8. The van der Waals surface area contributed by atoms with Crippen molar-refractivity contribution in [2.75, 3.05) is 0 Å². The quantitative estimate of drug-likeness (QED) is 0.174. The van der Waals surface area contributed by atoms with Gasteiger partial charge >= 0.3 is 37.7 Å². The molecule has 8 nitrogen and oxygen atoms in total. The van der Waals surface area contributed by atoms with Crippen molar-refractivity contribution >= 4 is 61.2 Å². The molecule has 0 bridgehead atoms. The number of benzene rings is 2. The summed E-state index contributed by atoms with van der Waals surface area (Å²) in [7, 11) is 0. The van der Waals surface area contributed by atoms with Crippen molar-refractivity contribution < 1.29 is 39.6 Å². The summed E-state index contributed by atoms with van der Waals surface area (Å²) in [5, 5.41) is 40.1. The maximum Gasteiger partial charge on any atom is 2.00 e. The summed E-state index contributed by atoms with van der Waals surface area (Å²) in [6.45, 7) is 4.26. The maximum absolute atomic E-state index is 11.9. The summed E-state index contributed by atoms with van der Waals surface area (Å²) in [4.78, 5) is 45.2. The largest absolute Gasteiger partial charge is 2.00 e. The van der Waals surface area contributed by atoms with Gasteiger partial charge in [-0.05, 0) is 49.2 Å². The minimum atomic E-state index is -1.48. The summed E-state index contributed by atoms with van der Waals surface area (Å²) in [6.07, 6.45) is 11.3. The Morgan fingerprint density at radius 3 is 1.23 bits per heavy atom. The van der Waals surface area contributed by atoms with Crippen LogP contribution < -0.4 is 10.2 Å². The molecule has 0 saturated carbocycles. The van der Waals surface area contributed by atoms with E-state index in [-0.39, 0.29) is 71.9 Å². The molecule has 0 saturated heterocycles. The van der Waals surface area contributed by atoms with Crippen molar-refractivity contribution in [2.45, 2.75) is 90.9 Å². The number of hydrogen-bond acceptors (Lipinski definition) is 8. The zero-order chi connectivity index (χ0) is 28.5. The molecular weight excluding hydrogens is 528 g/mol. The maximum atomic E-state index is 11.9. The van der Waals surface area contributed by atoms with E-state index in [1.165, 1.54) is 49.2 Å². The van der Waals surface area contributed by atoms with E-state index in [4.69, 9.17) is 0 Å². The summed E-state index contributed by atoms with van der Waals surface area (Å²) in [5.41, 5.74) is -0.0475. The van der Waals surface area contributed by atoms with Crippen molar-refractivity contribution in [3.05, 3.63) is 58.7 Å². The normalized spacial score (nSPS) is 10.1. The van der Waals surface area contributed by atoms with Crippen molar-refractivity contribution in [1.29, 1.82) is 0 Å². The van der Waals surface area contributed by atoms with Crippen LogP contribution in [0.4, 0.5) is 0 Å². The molecule has 2 aromatic rings. The van der Waals surface area contributed by atoms with Crippen LogP contribution in [-0.2, 0) is 0 Å². The molecule has 2 N–H and O–H groups in total. The van der Waals surface area contributed by atoms with Crippen LogP contribution in [-0.4, -0.2) is 71.5 Å². The molecule has 0 spiro atoms. The second-order valence-electron chi connectivity index (χ2n) is 9.21. The second-order valence-corrected chi connectivity index (χ2v) is 9.21. The van der Waals surface area contributed by atoms with Crippen LogP contribution in [0.2, 0.25) is 0 Å². The number of rotatable bonds is 16. The van der Waals surface area contributed by atoms with Gasteiger partial charge in [0.25, 0.3) is 0 Å². The Hall–Kier alpha value is -2.42. The van der Waals surface area contributed by atoms with Crippen LogP contribution in [0.25, 0.3) is 0 Å². The van der Waals surface area contributed by atoms with E-state index in [9.17, 15) is 39.6 Å². The predicted octanol–water partition coefficient (Wildman–Crippen LogP) is 4.22. The first kappa shape index (κ1) is 36.6. The van der Waals surface area contributed by atoms with Gasteiger partial charge in [0.05, 0.1) is 11.9 Å². The molecule has 0 heterocycles. The zero-order valence-corrected chi connectivity index (χ0v) is 25.2. The fraction of sp³-hybridized carbons (Fsp3) is 0.467. The van der Waals surface area contributed by atoms with Gasteiger partial charge in [0.15, 0.2) is 11.6 Å². The summed E-state index contributed by atoms with van der Waals surface area (Å²) in [6, 6.07) is 7.68. The minimum absolute atomic E-state index is 0. The number of aromatic carboxylic acids is 2. The van der Waals surface area contributed by atoms with Gasteiger partial charge in [-0.25, -0.2) is 0 Å². The van der Waals surface area contributed by atoms with Crippen LogP contribution in [0, 0.1) is 0 Å². The van der Waals surface area contributed by atoms with Gasteiger partial charge in [-0.3, -0.25) is 9.59 Å². The summed E-state index contributed by atoms with van der Waals surface area (Å²) < 4.78 is 0. The third-order valence-electron chi connectivity index (χ3n) is 6.09. The van der Waals surface area contributed by atoms with E-state index in [2.05, 4.69) is 13.8 Å². The summed E-state index contributed by atoms with van der Waals surface area (Å²) >= 11 is 0. The summed E-state index contributed by atoms with van der Waals surface area (Å²) in [5.74, 6) is -3.90. The Morgan fingerprint density at radius 1 is 0.590 bits per heavy atom. The molecule has 0 unspecified atom stereocenters. The van der Waals surface area contributed by atoms with E-state index >= 15 is 0 Å². The molecule has 0 fully saturated rings. The van der Waals surface area contributed by atoms with Crippen molar-refractivity contribution in [3.8, 4) is 11.5 Å². The number of phenols is 2.